The maximum Gasteiger partial charge on any atom is 0.128 e. The second kappa shape index (κ2) is 9.06. The molecule has 0 saturated heterocycles. The molecule has 20 heavy (non-hydrogen) atoms. The fraction of sp³-hybridized carbons (Fsp3) is 0.765. The molecule has 0 aliphatic carbocycles. The Kier molecular flexibility index (Phi) is 7.75. The first-order valence-corrected chi connectivity index (χ1v) is 8.20. The highest BCUT2D eigenvalue weighted by Crippen LogP contribution is 2.16. The monoisotopic (exact) mass is 277 g/mol. The number of nitrogens with one attached hydrogen (secondary N) is 1. The highest BCUT2D eigenvalue weighted by Gasteiger charge is 2.12. The Bertz CT molecular complexity index is 374. The molecule has 0 aliphatic rings. The first kappa shape index (κ1) is 17.1. The summed E-state index contributed by atoms with van der Waals surface area (Å²) in [4.78, 5) is 9.62. The fourth-order valence-electron chi connectivity index (χ4n) is 2.43. The Morgan fingerprint density at radius 1 is 0.950 bits per heavy atom. The van der Waals surface area contributed by atoms with E-state index in [0.717, 1.165) is 44.6 Å². The second-order valence-corrected chi connectivity index (χ2v) is 5.75. The zero-order valence-electron chi connectivity index (χ0n) is 13.9. The van der Waals surface area contributed by atoms with Crippen LogP contribution in [0.5, 0.6) is 0 Å². The number of aryl methyl sites for hydroxylation is 3. The summed E-state index contributed by atoms with van der Waals surface area (Å²) in [5, 5.41) is 3.40. The Morgan fingerprint density at radius 2 is 1.55 bits per heavy atom. The zero-order valence-corrected chi connectivity index (χ0v) is 13.9. The lowest BCUT2D eigenvalue weighted by atomic mass is 10.0. The van der Waals surface area contributed by atoms with Crippen molar-refractivity contribution in [2.45, 2.75) is 66.7 Å². The summed E-state index contributed by atoms with van der Waals surface area (Å²) in [5.41, 5.74) is 3.89. The minimum atomic E-state index is 0.710. The Balaban J connectivity index is 2.92. The number of hydrogen-bond donors (Lipinski definition) is 1. The van der Waals surface area contributed by atoms with E-state index in [0.29, 0.717) is 5.92 Å². The number of likely N-dealkylation sites (N-methyl/N-ethyl adjacent to an activating group) is 1. The fourth-order valence-corrected chi connectivity index (χ4v) is 2.43. The van der Waals surface area contributed by atoms with Gasteiger partial charge in [0.2, 0.25) is 0 Å². The molecule has 1 N–H and O–H groups in total. The van der Waals surface area contributed by atoms with Gasteiger partial charge < -0.3 is 5.32 Å². The van der Waals surface area contributed by atoms with Crippen LogP contribution in [0.1, 0.15) is 63.8 Å². The lowest BCUT2D eigenvalue weighted by Gasteiger charge is -2.14. The van der Waals surface area contributed by atoms with Crippen molar-refractivity contribution in [1.29, 1.82) is 0 Å². The quantitative estimate of drug-likeness (QED) is 0.703. The molecule has 1 aromatic heterocycles. The predicted molar refractivity (Wildman–Crippen MR) is 86.2 cm³/mol. The van der Waals surface area contributed by atoms with Crippen molar-refractivity contribution in [2.24, 2.45) is 5.92 Å². The van der Waals surface area contributed by atoms with E-state index in [-0.39, 0.29) is 0 Å². The SMILES string of the molecule is CCNCCc1c(CC)nc(CCC(C)C)nc1CC. The van der Waals surface area contributed by atoms with Crippen LogP contribution in [0, 0.1) is 5.92 Å². The van der Waals surface area contributed by atoms with Crippen LogP contribution in [0.3, 0.4) is 0 Å². The third kappa shape index (κ3) is 5.20. The summed E-state index contributed by atoms with van der Waals surface area (Å²) in [6.45, 7) is 13.1. The van der Waals surface area contributed by atoms with Crippen molar-refractivity contribution in [3.05, 3.63) is 22.8 Å². The van der Waals surface area contributed by atoms with Gasteiger partial charge in [-0.05, 0) is 50.3 Å². The lowest BCUT2D eigenvalue weighted by Crippen LogP contribution is -2.19. The van der Waals surface area contributed by atoms with Crippen LogP contribution in [0.25, 0.3) is 0 Å². The molecule has 1 aromatic rings. The van der Waals surface area contributed by atoms with E-state index in [2.05, 4.69) is 39.9 Å². The van der Waals surface area contributed by atoms with E-state index < -0.39 is 0 Å². The lowest BCUT2D eigenvalue weighted by molar-refractivity contribution is 0.570. The molecule has 0 saturated carbocycles. The predicted octanol–water partition coefficient (Wildman–Crippen LogP) is 3.34. The smallest absolute Gasteiger partial charge is 0.128 e. The van der Waals surface area contributed by atoms with Gasteiger partial charge in [0, 0.05) is 17.8 Å². The van der Waals surface area contributed by atoms with Gasteiger partial charge in [0.25, 0.3) is 0 Å². The standard InChI is InChI=1S/C17H31N3/c1-6-15-14(11-12-18-8-3)16(7-2)20-17(19-15)10-9-13(4)5/h13,18H,6-12H2,1-5H3. The van der Waals surface area contributed by atoms with Crippen LogP contribution >= 0.6 is 0 Å². The molecule has 1 rings (SSSR count). The van der Waals surface area contributed by atoms with E-state index in [1.807, 2.05) is 0 Å². The van der Waals surface area contributed by atoms with Crippen LogP contribution in [0.15, 0.2) is 0 Å². The van der Waals surface area contributed by atoms with Gasteiger partial charge in [-0.25, -0.2) is 9.97 Å². The van der Waals surface area contributed by atoms with Gasteiger partial charge >= 0.3 is 0 Å². The van der Waals surface area contributed by atoms with Gasteiger partial charge in [0.15, 0.2) is 0 Å². The van der Waals surface area contributed by atoms with Crippen molar-refractivity contribution < 1.29 is 0 Å². The molecule has 0 unspecified atom stereocenters. The average molecular weight is 277 g/mol. The van der Waals surface area contributed by atoms with E-state index in [1.165, 1.54) is 23.4 Å². The maximum absolute atomic E-state index is 4.81. The summed E-state index contributed by atoms with van der Waals surface area (Å²) in [6, 6.07) is 0. The molecular weight excluding hydrogens is 246 g/mol. The molecule has 0 aromatic carbocycles. The Labute approximate surface area is 124 Å². The van der Waals surface area contributed by atoms with Crippen molar-refractivity contribution in [1.82, 2.24) is 15.3 Å². The third-order valence-electron chi connectivity index (χ3n) is 3.64. The molecule has 0 spiro atoms. The minimum Gasteiger partial charge on any atom is -0.317 e. The summed E-state index contributed by atoms with van der Waals surface area (Å²) >= 11 is 0. The van der Waals surface area contributed by atoms with Crippen LogP contribution in [-0.4, -0.2) is 23.1 Å². The van der Waals surface area contributed by atoms with Crippen molar-refractivity contribution in [2.75, 3.05) is 13.1 Å². The topological polar surface area (TPSA) is 37.8 Å². The highest BCUT2D eigenvalue weighted by atomic mass is 14.9. The first-order chi connectivity index (χ1) is 9.62. The van der Waals surface area contributed by atoms with Crippen LogP contribution < -0.4 is 5.32 Å². The molecule has 3 nitrogen and oxygen atoms in total. The van der Waals surface area contributed by atoms with Gasteiger partial charge in [-0.15, -0.1) is 0 Å². The van der Waals surface area contributed by atoms with Crippen LogP contribution in [-0.2, 0) is 25.7 Å². The van der Waals surface area contributed by atoms with E-state index in [9.17, 15) is 0 Å². The second-order valence-electron chi connectivity index (χ2n) is 5.75. The van der Waals surface area contributed by atoms with Gasteiger partial charge in [0.05, 0.1) is 0 Å². The minimum absolute atomic E-state index is 0.710. The summed E-state index contributed by atoms with van der Waals surface area (Å²) in [5.74, 6) is 1.75. The normalized spacial score (nSPS) is 11.3. The molecule has 0 amide bonds. The van der Waals surface area contributed by atoms with Crippen LogP contribution in [0.4, 0.5) is 0 Å². The molecule has 1 heterocycles. The molecule has 0 fully saturated rings. The number of hydrogen-bond acceptors (Lipinski definition) is 3. The number of rotatable bonds is 9. The van der Waals surface area contributed by atoms with Crippen LogP contribution in [0.2, 0.25) is 0 Å². The maximum atomic E-state index is 4.81. The summed E-state index contributed by atoms with van der Waals surface area (Å²) < 4.78 is 0. The van der Waals surface area contributed by atoms with Gasteiger partial charge in [0.1, 0.15) is 5.82 Å². The molecule has 0 atom stereocenters. The van der Waals surface area contributed by atoms with Crippen molar-refractivity contribution in [3.8, 4) is 0 Å². The summed E-state index contributed by atoms with van der Waals surface area (Å²) in [7, 11) is 0. The van der Waals surface area contributed by atoms with E-state index in [1.54, 1.807) is 0 Å². The molecule has 0 bridgehead atoms. The average Bonchev–Trinajstić information content (AvgIpc) is 2.45. The van der Waals surface area contributed by atoms with Crippen molar-refractivity contribution >= 4 is 0 Å². The molecule has 3 heteroatoms. The van der Waals surface area contributed by atoms with Gasteiger partial charge in [-0.2, -0.15) is 0 Å². The zero-order chi connectivity index (χ0) is 15.0. The Morgan fingerprint density at radius 3 is 2.00 bits per heavy atom. The van der Waals surface area contributed by atoms with Gasteiger partial charge in [-0.3, -0.25) is 0 Å². The first-order valence-electron chi connectivity index (χ1n) is 8.20. The summed E-state index contributed by atoms with van der Waals surface area (Å²) in [6.07, 6.45) is 5.23. The van der Waals surface area contributed by atoms with Gasteiger partial charge in [-0.1, -0.05) is 34.6 Å². The largest absolute Gasteiger partial charge is 0.317 e. The highest BCUT2D eigenvalue weighted by molar-refractivity contribution is 5.27. The van der Waals surface area contributed by atoms with E-state index in [4.69, 9.17) is 9.97 Å². The Hall–Kier alpha value is -0.960. The molecule has 114 valence electrons. The molecule has 0 radical (unpaired) electrons. The molecule has 0 aliphatic heterocycles. The molecular formula is C17H31N3. The number of nitrogens with zero attached hydrogens (tertiary/aromatic N) is 2. The third-order valence-corrected chi connectivity index (χ3v) is 3.64. The van der Waals surface area contributed by atoms with E-state index >= 15 is 0 Å². The number of aromatic nitrogens is 2. The van der Waals surface area contributed by atoms with Crippen molar-refractivity contribution in [3.63, 3.8) is 0 Å².